The van der Waals surface area contributed by atoms with Crippen LogP contribution < -0.4 is 4.72 Å². The molecule has 0 saturated heterocycles. The monoisotopic (exact) mass is 297 g/mol. The lowest BCUT2D eigenvalue weighted by molar-refractivity contribution is 0.0695. The number of carboxylic acids is 1. The molecule has 0 bridgehead atoms. The highest BCUT2D eigenvalue weighted by Gasteiger charge is 2.17. The van der Waals surface area contributed by atoms with Gasteiger partial charge in [0.25, 0.3) is 0 Å². The highest BCUT2D eigenvalue weighted by Crippen LogP contribution is 2.17. The largest absolute Gasteiger partial charge is 0.478 e. The van der Waals surface area contributed by atoms with Gasteiger partial charge in [-0.1, -0.05) is 25.1 Å². The first-order valence-electron chi connectivity index (χ1n) is 6.39. The van der Waals surface area contributed by atoms with Crippen LogP contribution in [0.1, 0.15) is 36.2 Å². The summed E-state index contributed by atoms with van der Waals surface area (Å²) in [6.45, 7) is 3.97. The molecule has 0 heterocycles. The van der Waals surface area contributed by atoms with Gasteiger partial charge in [-0.3, -0.25) is 0 Å². The number of allylic oxidation sites excluding steroid dienone is 1. The average molecular weight is 297 g/mol. The maximum Gasteiger partial charge on any atom is 0.336 e. The molecule has 0 aliphatic rings. The molecule has 0 amide bonds. The van der Waals surface area contributed by atoms with Gasteiger partial charge in [0.15, 0.2) is 0 Å². The van der Waals surface area contributed by atoms with Crippen LogP contribution >= 0.6 is 0 Å². The van der Waals surface area contributed by atoms with Gasteiger partial charge in [0.1, 0.15) is 0 Å². The molecular weight excluding hydrogens is 278 g/mol. The van der Waals surface area contributed by atoms with Gasteiger partial charge in [-0.15, -0.1) is 0 Å². The van der Waals surface area contributed by atoms with E-state index < -0.39 is 16.0 Å². The van der Waals surface area contributed by atoms with Crippen molar-refractivity contribution in [2.45, 2.75) is 31.6 Å². The fourth-order valence-electron chi connectivity index (χ4n) is 1.76. The van der Waals surface area contributed by atoms with E-state index in [1.54, 1.807) is 6.07 Å². The van der Waals surface area contributed by atoms with Crippen molar-refractivity contribution in [2.24, 2.45) is 0 Å². The molecule has 0 aliphatic heterocycles. The number of benzene rings is 1. The summed E-state index contributed by atoms with van der Waals surface area (Å²) in [4.78, 5) is 11.1. The molecule has 0 atom stereocenters. The Bertz CT molecular complexity index is 606. The number of carbonyl (C=O) groups is 1. The minimum absolute atomic E-state index is 0.0208. The maximum absolute atomic E-state index is 12.0. The van der Waals surface area contributed by atoms with E-state index in [1.807, 2.05) is 26.0 Å². The van der Waals surface area contributed by atoms with E-state index in [1.165, 1.54) is 12.1 Å². The van der Waals surface area contributed by atoms with Gasteiger partial charge < -0.3 is 5.11 Å². The molecule has 0 radical (unpaired) electrons. The van der Waals surface area contributed by atoms with E-state index in [2.05, 4.69) is 4.72 Å². The molecule has 110 valence electrons. The molecule has 2 N–H and O–H groups in total. The first kappa shape index (κ1) is 16.4. The third-order valence-electron chi connectivity index (χ3n) is 2.84. The zero-order valence-electron chi connectivity index (χ0n) is 11.6. The SMILES string of the molecule is C/C=C/CCNS(=O)(=O)c1ccc(CC)c(C(=O)O)c1. The van der Waals surface area contributed by atoms with Crippen LogP contribution in [-0.4, -0.2) is 26.0 Å². The van der Waals surface area contributed by atoms with Crippen LogP contribution in [0.4, 0.5) is 0 Å². The van der Waals surface area contributed by atoms with Crippen molar-refractivity contribution in [3.8, 4) is 0 Å². The summed E-state index contributed by atoms with van der Waals surface area (Å²) in [5.74, 6) is -1.12. The molecule has 0 unspecified atom stereocenters. The molecule has 20 heavy (non-hydrogen) atoms. The summed E-state index contributed by atoms with van der Waals surface area (Å²) in [6, 6.07) is 4.19. The summed E-state index contributed by atoms with van der Waals surface area (Å²) < 4.78 is 26.5. The molecule has 5 nitrogen and oxygen atoms in total. The van der Waals surface area contributed by atoms with Gasteiger partial charge >= 0.3 is 5.97 Å². The standard InChI is InChI=1S/C14H19NO4S/c1-3-5-6-9-15-20(18,19)12-8-7-11(4-2)13(10-12)14(16)17/h3,5,7-8,10,15H,4,6,9H2,1-2H3,(H,16,17)/b5-3+. The second-order valence-corrected chi connectivity index (χ2v) is 6.00. The Kier molecular flexibility index (Phi) is 5.91. The number of aromatic carboxylic acids is 1. The number of sulfonamides is 1. The Labute approximate surface area is 119 Å². The molecule has 0 aromatic heterocycles. The third kappa shape index (κ3) is 4.18. The van der Waals surface area contributed by atoms with Crippen molar-refractivity contribution >= 4 is 16.0 Å². The van der Waals surface area contributed by atoms with Gasteiger partial charge in [0, 0.05) is 6.54 Å². The lowest BCUT2D eigenvalue weighted by Gasteiger charge is -2.09. The van der Waals surface area contributed by atoms with Crippen LogP contribution in [-0.2, 0) is 16.4 Å². The Morgan fingerprint density at radius 1 is 1.40 bits per heavy atom. The first-order chi connectivity index (χ1) is 9.42. The molecule has 1 aromatic carbocycles. The van der Waals surface area contributed by atoms with Crippen LogP contribution in [0.2, 0.25) is 0 Å². The Morgan fingerprint density at radius 2 is 2.10 bits per heavy atom. The van der Waals surface area contributed by atoms with E-state index in [0.717, 1.165) is 0 Å². The Hall–Kier alpha value is -1.66. The molecule has 1 aromatic rings. The minimum Gasteiger partial charge on any atom is -0.478 e. The normalized spacial score (nSPS) is 11.9. The fourth-order valence-corrected chi connectivity index (χ4v) is 2.83. The van der Waals surface area contributed by atoms with E-state index in [4.69, 9.17) is 5.11 Å². The minimum atomic E-state index is -3.67. The summed E-state index contributed by atoms with van der Waals surface area (Å²) in [6.07, 6.45) is 4.82. The van der Waals surface area contributed by atoms with Crippen molar-refractivity contribution < 1.29 is 18.3 Å². The zero-order chi connectivity index (χ0) is 15.2. The predicted octanol–water partition coefficient (Wildman–Crippen LogP) is 2.19. The van der Waals surface area contributed by atoms with Crippen molar-refractivity contribution in [1.29, 1.82) is 0 Å². The van der Waals surface area contributed by atoms with Crippen LogP contribution in [0.25, 0.3) is 0 Å². The van der Waals surface area contributed by atoms with Crippen molar-refractivity contribution in [3.63, 3.8) is 0 Å². The van der Waals surface area contributed by atoms with E-state index >= 15 is 0 Å². The first-order valence-corrected chi connectivity index (χ1v) is 7.87. The number of carboxylic acid groups (broad SMARTS) is 1. The molecular formula is C14H19NO4S. The van der Waals surface area contributed by atoms with Gasteiger partial charge in [-0.25, -0.2) is 17.9 Å². The van der Waals surface area contributed by atoms with Gasteiger partial charge in [-0.05, 0) is 37.5 Å². The van der Waals surface area contributed by atoms with Crippen molar-refractivity contribution in [2.75, 3.05) is 6.54 Å². The number of aryl methyl sites for hydroxylation is 1. The maximum atomic E-state index is 12.0. The van der Waals surface area contributed by atoms with Crippen LogP contribution in [0, 0.1) is 0 Å². The van der Waals surface area contributed by atoms with Crippen LogP contribution in [0.15, 0.2) is 35.2 Å². The van der Waals surface area contributed by atoms with E-state index in [9.17, 15) is 13.2 Å². The Morgan fingerprint density at radius 3 is 2.65 bits per heavy atom. The number of nitrogens with one attached hydrogen (secondary N) is 1. The number of hydrogen-bond donors (Lipinski definition) is 2. The summed E-state index contributed by atoms with van der Waals surface area (Å²) in [7, 11) is -3.67. The molecule has 1 rings (SSSR count). The fraction of sp³-hybridized carbons (Fsp3) is 0.357. The van der Waals surface area contributed by atoms with Gasteiger partial charge in [0.2, 0.25) is 10.0 Å². The molecule has 0 fully saturated rings. The average Bonchev–Trinajstić information content (AvgIpc) is 2.42. The quantitative estimate of drug-likeness (QED) is 0.597. The van der Waals surface area contributed by atoms with Crippen molar-refractivity contribution in [1.82, 2.24) is 4.72 Å². The smallest absolute Gasteiger partial charge is 0.336 e. The molecule has 6 heteroatoms. The van der Waals surface area contributed by atoms with E-state index in [0.29, 0.717) is 18.4 Å². The number of rotatable bonds is 7. The Balaban J connectivity index is 3.01. The second-order valence-electron chi connectivity index (χ2n) is 4.23. The van der Waals surface area contributed by atoms with Crippen LogP contribution in [0.3, 0.4) is 0 Å². The molecule has 0 saturated carbocycles. The number of hydrogen-bond acceptors (Lipinski definition) is 3. The zero-order valence-corrected chi connectivity index (χ0v) is 12.4. The summed E-state index contributed by atoms with van der Waals surface area (Å²) in [5.41, 5.74) is 0.647. The van der Waals surface area contributed by atoms with E-state index in [-0.39, 0.29) is 17.0 Å². The molecule has 0 aliphatic carbocycles. The lowest BCUT2D eigenvalue weighted by atomic mass is 10.1. The highest BCUT2D eigenvalue weighted by atomic mass is 32.2. The van der Waals surface area contributed by atoms with Crippen molar-refractivity contribution in [3.05, 3.63) is 41.5 Å². The summed E-state index contributed by atoms with van der Waals surface area (Å²) >= 11 is 0. The lowest BCUT2D eigenvalue weighted by Crippen LogP contribution is -2.25. The van der Waals surface area contributed by atoms with Gasteiger partial charge in [-0.2, -0.15) is 0 Å². The van der Waals surface area contributed by atoms with Gasteiger partial charge in [0.05, 0.1) is 10.5 Å². The summed E-state index contributed by atoms with van der Waals surface area (Å²) in [5, 5.41) is 9.11. The highest BCUT2D eigenvalue weighted by molar-refractivity contribution is 7.89. The topological polar surface area (TPSA) is 83.5 Å². The van der Waals surface area contributed by atoms with Crippen LogP contribution in [0.5, 0.6) is 0 Å². The molecule has 0 spiro atoms. The third-order valence-corrected chi connectivity index (χ3v) is 4.30. The predicted molar refractivity (Wildman–Crippen MR) is 77.4 cm³/mol. The second kappa shape index (κ2) is 7.21.